The Balaban J connectivity index is 2.27. The van der Waals surface area contributed by atoms with Crippen LogP contribution in [0.4, 0.5) is 18.9 Å². The van der Waals surface area contributed by atoms with E-state index in [4.69, 9.17) is 25.8 Å². The third kappa shape index (κ3) is 6.57. The van der Waals surface area contributed by atoms with Crippen LogP contribution in [0.15, 0.2) is 30.3 Å². The molecule has 0 aliphatic heterocycles. The number of sulfonamides is 1. The third-order valence-electron chi connectivity index (χ3n) is 4.44. The van der Waals surface area contributed by atoms with E-state index in [2.05, 4.69) is 5.32 Å². The van der Waals surface area contributed by atoms with Crippen LogP contribution in [0.3, 0.4) is 0 Å². The number of amides is 1. The van der Waals surface area contributed by atoms with Gasteiger partial charge in [0.15, 0.2) is 11.5 Å². The molecule has 0 radical (unpaired) electrons. The van der Waals surface area contributed by atoms with E-state index in [1.807, 2.05) is 0 Å². The van der Waals surface area contributed by atoms with Gasteiger partial charge in [0.2, 0.25) is 21.7 Å². The fourth-order valence-corrected chi connectivity index (χ4v) is 4.02. The number of hydrogen-bond donors (Lipinski definition) is 1. The van der Waals surface area contributed by atoms with Crippen molar-refractivity contribution >= 4 is 33.2 Å². The van der Waals surface area contributed by atoms with Gasteiger partial charge in [0, 0.05) is 6.54 Å². The second-order valence-electron chi connectivity index (χ2n) is 6.74. The van der Waals surface area contributed by atoms with Crippen LogP contribution in [0.25, 0.3) is 0 Å². The fourth-order valence-electron chi connectivity index (χ4n) is 2.89. The second kappa shape index (κ2) is 10.4. The lowest BCUT2D eigenvalue weighted by molar-refractivity contribution is -0.137. The van der Waals surface area contributed by atoms with Gasteiger partial charge in [-0.15, -0.1) is 0 Å². The molecule has 0 spiro atoms. The summed E-state index contributed by atoms with van der Waals surface area (Å²) in [7, 11) is 0.122. The first-order valence-corrected chi connectivity index (χ1v) is 11.4. The fraction of sp³-hybridized carbons (Fsp3) is 0.350. The predicted molar refractivity (Wildman–Crippen MR) is 117 cm³/mol. The van der Waals surface area contributed by atoms with Gasteiger partial charge >= 0.3 is 6.18 Å². The van der Waals surface area contributed by atoms with Gasteiger partial charge in [-0.2, -0.15) is 13.2 Å². The first-order valence-electron chi connectivity index (χ1n) is 9.21. The molecule has 2 aromatic carbocycles. The Bertz CT molecular complexity index is 1100. The zero-order valence-electron chi connectivity index (χ0n) is 18.1. The highest BCUT2D eigenvalue weighted by atomic mass is 35.5. The average molecular weight is 511 g/mol. The van der Waals surface area contributed by atoms with Gasteiger partial charge in [-0.3, -0.25) is 9.10 Å². The van der Waals surface area contributed by atoms with E-state index in [1.54, 1.807) is 12.1 Å². The quantitative estimate of drug-likeness (QED) is 0.555. The summed E-state index contributed by atoms with van der Waals surface area (Å²) in [5, 5.41) is 2.25. The topological polar surface area (TPSA) is 94.2 Å². The largest absolute Gasteiger partial charge is 0.493 e. The number of alkyl halides is 3. The Hall–Kier alpha value is -2.86. The number of halogens is 4. The monoisotopic (exact) mass is 510 g/mol. The first kappa shape index (κ1) is 26.4. The number of hydrogen-bond acceptors (Lipinski definition) is 6. The van der Waals surface area contributed by atoms with E-state index in [0.29, 0.717) is 33.2 Å². The smallest absolute Gasteiger partial charge is 0.416 e. The van der Waals surface area contributed by atoms with Crippen molar-refractivity contribution in [2.45, 2.75) is 12.7 Å². The van der Waals surface area contributed by atoms with Crippen LogP contribution in [-0.4, -0.2) is 48.5 Å². The molecule has 33 heavy (non-hydrogen) atoms. The average Bonchev–Trinajstić information content (AvgIpc) is 2.74. The Morgan fingerprint density at radius 1 is 1.06 bits per heavy atom. The van der Waals surface area contributed by atoms with E-state index < -0.39 is 39.9 Å². The molecule has 1 N–H and O–H groups in total. The lowest BCUT2D eigenvalue weighted by Gasteiger charge is -2.24. The number of nitrogens with one attached hydrogen (secondary N) is 1. The molecule has 0 heterocycles. The Morgan fingerprint density at radius 2 is 1.64 bits per heavy atom. The number of carbonyl (C=O) groups is 1. The van der Waals surface area contributed by atoms with Gasteiger partial charge in [0.1, 0.15) is 6.54 Å². The van der Waals surface area contributed by atoms with Gasteiger partial charge in [0.25, 0.3) is 0 Å². The minimum atomic E-state index is -4.72. The van der Waals surface area contributed by atoms with Crippen LogP contribution < -0.4 is 23.8 Å². The van der Waals surface area contributed by atoms with Crippen molar-refractivity contribution in [2.75, 3.05) is 38.4 Å². The minimum Gasteiger partial charge on any atom is -0.493 e. The minimum absolute atomic E-state index is 0.0521. The third-order valence-corrected chi connectivity index (χ3v) is 5.89. The van der Waals surface area contributed by atoms with Crippen molar-refractivity contribution in [1.29, 1.82) is 0 Å². The number of benzene rings is 2. The molecular formula is C20H22ClF3N2O6S. The Kier molecular flexibility index (Phi) is 8.30. The molecule has 0 saturated heterocycles. The first-order chi connectivity index (χ1) is 15.3. The normalized spacial score (nSPS) is 11.6. The molecule has 8 nitrogen and oxygen atoms in total. The SMILES string of the molecule is COc1cc(CNC(=O)CN(c2cc(C(F)(F)F)ccc2Cl)S(C)(=O)=O)cc(OC)c1OC. The van der Waals surface area contributed by atoms with Crippen LogP contribution in [0.2, 0.25) is 5.02 Å². The standard InChI is InChI=1S/C20H22ClF3N2O6S/c1-30-16-7-12(8-17(31-2)19(16)32-3)10-25-18(27)11-26(33(4,28)29)15-9-13(20(22,23)24)5-6-14(15)21/h5-9H,10-11H2,1-4H3,(H,25,27). The lowest BCUT2D eigenvalue weighted by Crippen LogP contribution is -2.40. The molecule has 0 aliphatic carbocycles. The van der Waals surface area contributed by atoms with Gasteiger partial charge < -0.3 is 19.5 Å². The van der Waals surface area contributed by atoms with Crippen molar-refractivity contribution in [2.24, 2.45) is 0 Å². The van der Waals surface area contributed by atoms with E-state index >= 15 is 0 Å². The molecule has 0 unspecified atom stereocenters. The molecule has 182 valence electrons. The molecule has 0 atom stereocenters. The highest BCUT2D eigenvalue weighted by molar-refractivity contribution is 7.92. The number of methoxy groups -OCH3 is 3. The highest BCUT2D eigenvalue weighted by Gasteiger charge is 2.33. The number of ether oxygens (including phenoxy) is 3. The summed E-state index contributed by atoms with van der Waals surface area (Å²) in [6.45, 7) is -0.840. The van der Waals surface area contributed by atoms with E-state index in [0.717, 1.165) is 18.4 Å². The molecule has 0 fully saturated rings. The maximum Gasteiger partial charge on any atom is 0.416 e. The highest BCUT2D eigenvalue weighted by Crippen LogP contribution is 2.38. The van der Waals surface area contributed by atoms with Crippen molar-refractivity contribution in [3.63, 3.8) is 0 Å². The van der Waals surface area contributed by atoms with Gasteiger partial charge in [-0.1, -0.05) is 11.6 Å². The number of nitrogens with zero attached hydrogens (tertiary/aromatic N) is 1. The molecule has 0 bridgehead atoms. The molecule has 0 saturated carbocycles. The number of anilines is 1. The molecule has 1 amide bonds. The zero-order valence-corrected chi connectivity index (χ0v) is 19.7. The summed E-state index contributed by atoms with van der Waals surface area (Å²) >= 11 is 5.95. The summed E-state index contributed by atoms with van der Waals surface area (Å²) in [6, 6.07) is 5.39. The summed E-state index contributed by atoms with van der Waals surface area (Å²) in [4.78, 5) is 12.5. The van der Waals surface area contributed by atoms with Crippen molar-refractivity contribution in [1.82, 2.24) is 5.32 Å². The van der Waals surface area contributed by atoms with Crippen LogP contribution in [-0.2, 0) is 27.5 Å². The van der Waals surface area contributed by atoms with Gasteiger partial charge in [-0.25, -0.2) is 8.42 Å². The van der Waals surface area contributed by atoms with E-state index in [-0.39, 0.29) is 11.6 Å². The van der Waals surface area contributed by atoms with Crippen molar-refractivity contribution < 1.29 is 40.6 Å². The lowest BCUT2D eigenvalue weighted by atomic mass is 10.1. The van der Waals surface area contributed by atoms with Crippen LogP contribution in [0.5, 0.6) is 17.2 Å². The van der Waals surface area contributed by atoms with Crippen LogP contribution >= 0.6 is 11.6 Å². The van der Waals surface area contributed by atoms with Gasteiger partial charge in [0.05, 0.1) is 43.9 Å². The van der Waals surface area contributed by atoms with E-state index in [9.17, 15) is 26.4 Å². The van der Waals surface area contributed by atoms with E-state index in [1.165, 1.54) is 21.3 Å². The summed E-state index contributed by atoms with van der Waals surface area (Å²) in [5.41, 5.74) is -1.02. The van der Waals surface area contributed by atoms with Crippen molar-refractivity contribution in [3.8, 4) is 17.2 Å². The maximum absolute atomic E-state index is 13.1. The second-order valence-corrected chi connectivity index (χ2v) is 9.06. The van der Waals surface area contributed by atoms with Gasteiger partial charge in [-0.05, 0) is 35.9 Å². The number of rotatable bonds is 9. The molecule has 2 aromatic rings. The number of carbonyl (C=O) groups excluding carboxylic acids is 1. The summed E-state index contributed by atoms with van der Waals surface area (Å²) in [6.07, 6.45) is -3.96. The van der Waals surface area contributed by atoms with Crippen LogP contribution in [0, 0.1) is 0 Å². The summed E-state index contributed by atoms with van der Waals surface area (Å²) in [5.74, 6) is 0.254. The molecule has 0 aliphatic rings. The maximum atomic E-state index is 13.1. The zero-order chi connectivity index (χ0) is 25.0. The van der Waals surface area contributed by atoms with Crippen molar-refractivity contribution in [3.05, 3.63) is 46.5 Å². The van der Waals surface area contributed by atoms with Crippen LogP contribution in [0.1, 0.15) is 11.1 Å². The molecule has 13 heteroatoms. The Morgan fingerprint density at radius 3 is 2.09 bits per heavy atom. The molecular weight excluding hydrogens is 489 g/mol. The summed E-state index contributed by atoms with van der Waals surface area (Å²) < 4.78 is 80.0. The Labute approximate surface area is 194 Å². The molecule has 2 rings (SSSR count). The predicted octanol–water partition coefficient (Wildman–Crippen LogP) is 3.47. The molecule has 0 aromatic heterocycles.